The number of esters is 1. The van der Waals surface area contributed by atoms with Crippen molar-refractivity contribution < 1.29 is 9.53 Å². The Morgan fingerprint density at radius 1 is 1.18 bits per heavy atom. The zero-order valence-corrected chi connectivity index (χ0v) is 13.2. The highest BCUT2D eigenvalue weighted by Gasteiger charge is 2.18. The molecule has 1 aromatic carbocycles. The van der Waals surface area contributed by atoms with E-state index in [4.69, 9.17) is 27.9 Å². The van der Waals surface area contributed by atoms with Crippen LogP contribution in [0.4, 0.5) is 0 Å². The quantitative estimate of drug-likeness (QED) is 0.530. The van der Waals surface area contributed by atoms with E-state index in [2.05, 4.69) is 15.1 Å². The van der Waals surface area contributed by atoms with Crippen molar-refractivity contribution in [3.8, 4) is 5.75 Å². The molecule has 0 amide bonds. The number of hydrogen-bond acceptors (Lipinski definition) is 5. The average molecular weight is 337 g/mol. The molecule has 3 rings (SSSR count). The van der Waals surface area contributed by atoms with Gasteiger partial charge in [-0.1, -0.05) is 23.2 Å². The highest BCUT2D eigenvalue weighted by Crippen LogP contribution is 2.28. The standard InChI is InChI=1S/C14H10Cl2N4O2/c1-7-5-8(2)20-14(17-7)18-12(19-20)13(21)22-11-4-3-9(15)6-10(11)16/h3-6H,1-2H3. The van der Waals surface area contributed by atoms with Crippen molar-refractivity contribution in [2.75, 3.05) is 0 Å². The number of nitrogens with zero attached hydrogens (tertiary/aromatic N) is 4. The SMILES string of the molecule is Cc1cc(C)n2nc(C(=O)Oc3ccc(Cl)cc3Cl)nc2n1. The molecule has 0 bridgehead atoms. The van der Waals surface area contributed by atoms with Crippen LogP contribution in [0.3, 0.4) is 0 Å². The van der Waals surface area contributed by atoms with E-state index in [1.54, 1.807) is 6.07 Å². The largest absolute Gasteiger partial charge is 0.419 e. The van der Waals surface area contributed by atoms with Gasteiger partial charge in [0.15, 0.2) is 0 Å². The Kier molecular flexibility index (Phi) is 3.72. The van der Waals surface area contributed by atoms with E-state index in [9.17, 15) is 4.79 Å². The van der Waals surface area contributed by atoms with Gasteiger partial charge >= 0.3 is 5.97 Å². The number of carbonyl (C=O) groups excluding carboxylic acids is 1. The molecule has 0 radical (unpaired) electrons. The van der Waals surface area contributed by atoms with Crippen molar-refractivity contribution in [1.29, 1.82) is 0 Å². The Labute approximate surface area is 135 Å². The van der Waals surface area contributed by atoms with Crippen LogP contribution in [0.5, 0.6) is 5.75 Å². The molecule has 0 N–H and O–H groups in total. The fourth-order valence-corrected chi connectivity index (χ4v) is 2.40. The number of fused-ring (bicyclic) bond motifs is 1. The first-order chi connectivity index (χ1) is 10.4. The topological polar surface area (TPSA) is 69.4 Å². The van der Waals surface area contributed by atoms with Gasteiger partial charge in [0.2, 0.25) is 0 Å². The summed E-state index contributed by atoms with van der Waals surface area (Å²) in [5.74, 6) is -0.276. The summed E-state index contributed by atoms with van der Waals surface area (Å²) in [6.45, 7) is 3.69. The van der Waals surface area contributed by atoms with Crippen LogP contribution in [-0.2, 0) is 0 Å². The minimum atomic E-state index is -0.716. The molecule has 0 aliphatic heterocycles. The molecule has 3 aromatic rings. The van der Waals surface area contributed by atoms with Crippen LogP contribution in [-0.4, -0.2) is 25.6 Å². The van der Waals surface area contributed by atoms with E-state index < -0.39 is 5.97 Å². The molecule has 0 atom stereocenters. The molecule has 112 valence electrons. The third-order valence-electron chi connectivity index (χ3n) is 2.90. The van der Waals surface area contributed by atoms with Gasteiger partial charge in [0.05, 0.1) is 5.02 Å². The van der Waals surface area contributed by atoms with Crippen molar-refractivity contribution in [1.82, 2.24) is 19.6 Å². The maximum Gasteiger partial charge on any atom is 0.383 e. The second-order valence-corrected chi connectivity index (χ2v) is 5.49. The summed E-state index contributed by atoms with van der Waals surface area (Å²) in [6, 6.07) is 6.40. The normalized spacial score (nSPS) is 10.9. The van der Waals surface area contributed by atoms with Gasteiger partial charge in [0.1, 0.15) is 5.75 Å². The summed E-state index contributed by atoms with van der Waals surface area (Å²) in [6.07, 6.45) is 0. The Hall–Kier alpha value is -2.18. The maximum absolute atomic E-state index is 12.1. The molecular weight excluding hydrogens is 327 g/mol. The molecule has 0 spiro atoms. The monoisotopic (exact) mass is 336 g/mol. The van der Waals surface area contributed by atoms with E-state index in [1.165, 1.54) is 16.6 Å². The van der Waals surface area contributed by atoms with Crippen LogP contribution in [0, 0.1) is 13.8 Å². The predicted octanol–water partition coefficient (Wildman–Crippen LogP) is 3.27. The van der Waals surface area contributed by atoms with Crippen molar-refractivity contribution >= 4 is 34.9 Å². The number of rotatable bonds is 2. The number of carbonyl (C=O) groups is 1. The fraction of sp³-hybridized carbons (Fsp3) is 0.143. The summed E-state index contributed by atoms with van der Waals surface area (Å²) in [4.78, 5) is 20.4. The zero-order chi connectivity index (χ0) is 15.9. The van der Waals surface area contributed by atoms with E-state index >= 15 is 0 Å². The molecule has 0 saturated heterocycles. The lowest BCUT2D eigenvalue weighted by Gasteiger charge is -2.03. The van der Waals surface area contributed by atoms with Gasteiger partial charge < -0.3 is 4.74 Å². The minimum Gasteiger partial charge on any atom is -0.419 e. The summed E-state index contributed by atoms with van der Waals surface area (Å²) in [5, 5.41) is 4.78. The second-order valence-electron chi connectivity index (χ2n) is 4.65. The van der Waals surface area contributed by atoms with Crippen molar-refractivity contribution in [3.63, 3.8) is 0 Å². The lowest BCUT2D eigenvalue weighted by atomic mass is 10.3. The van der Waals surface area contributed by atoms with Gasteiger partial charge in [0.25, 0.3) is 11.6 Å². The smallest absolute Gasteiger partial charge is 0.383 e. The fourth-order valence-electron chi connectivity index (χ4n) is 1.96. The number of hydrogen-bond donors (Lipinski definition) is 0. The third kappa shape index (κ3) is 2.75. The Morgan fingerprint density at radius 2 is 1.95 bits per heavy atom. The summed E-state index contributed by atoms with van der Waals surface area (Å²) < 4.78 is 6.67. The first-order valence-corrected chi connectivity index (χ1v) is 7.08. The van der Waals surface area contributed by atoms with E-state index in [0.29, 0.717) is 10.8 Å². The number of benzene rings is 1. The summed E-state index contributed by atoms with van der Waals surface area (Å²) in [7, 11) is 0. The number of ether oxygens (including phenoxy) is 1. The molecule has 2 heterocycles. The highest BCUT2D eigenvalue weighted by molar-refractivity contribution is 6.35. The summed E-state index contributed by atoms with van der Waals surface area (Å²) in [5.41, 5.74) is 1.61. The third-order valence-corrected chi connectivity index (χ3v) is 3.43. The molecule has 8 heteroatoms. The molecule has 0 unspecified atom stereocenters. The van der Waals surface area contributed by atoms with Crippen molar-refractivity contribution in [2.24, 2.45) is 0 Å². The average Bonchev–Trinajstić information content (AvgIpc) is 2.86. The van der Waals surface area contributed by atoms with Crippen LogP contribution < -0.4 is 4.74 Å². The summed E-state index contributed by atoms with van der Waals surface area (Å²) >= 11 is 11.8. The lowest BCUT2D eigenvalue weighted by molar-refractivity contribution is 0.0722. The van der Waals surface area contributed by atoms with Crippen LogP contribution >= 0.6 is 23.2 Å². The van der Waals surface area contributed by atoms with Crippen molar-refractivity contribution in [2.45, 2.75) is 13.8 Å². The minimum absolute atomic E-state index is 0.0905. The van der Waals surface area contributed by atoms with E-state index in [-0.39, 0.29) is 16.6 Å². The van der Waals surface area contributed by atoms with Crippen LogP contribution in [0.1, 0.15) is 22.0 Å². The number of aromatic nitrogens is 4. The van der Waals surface area contributed by atoms with Gasteiger partial charge in [-0.25, -0.2) is 14.3 Å². The van der Waals surface area contributed by atoms with Gasteiger partial charge in [-0.05, 0) is 38.1 Å². The van der Waals surface area contributed by atoms with Gasteiger partial charge in [-0.3, -0.25) is 0 Å². The maximum atomic E-state index is 12.1. The zero-order valence-electron chi connectivity index (χ0n) is 11.7. The van der Waals surface area contributed by atoms with Crippen LogP contribution in [0.2, 0.25) is 10.0 Å². The number of halogens is 2. The molecule has 0 aliphatic rings. The Morgan fingerprint density at radius 3 is 2.68 bits per heavy atom. The molecule has 0 saturated carbocycles. The van der Waals surface area contributed by atoms with Crippen molar-refractivity contribution in [3.05, 3.63) is 51.5 Å². The van der Waals surface area contributed by atoms with Gasteiger partial charge in [0, 0.05) is 16.4 Å². The predicted molar refractivity (Wildman–Crippen MR) is 81.7 cm³/mol. The second kappa shape index (κ2) is 5.55. The van der Waals surface area contributed by atoms with E-state index in [0.717, 1.165) is 11.4 Å². The van der Waals surface area contributed by atoms with Crippen LogP contribution in [0.25, 0.3) is 5.78 Å². The highest BCUT2D eigenvalue weighted by atomic mass is 35.5. The Balaban J connectivity index is 1.93. The molecule has 0 fully saturated rings. The first kappa shape index (κ1) is 14.7. The first-order valence-electron chi connectivity index (χ1n) is 6.32. The molecule has 2 aromatic heterocycles. The van der Waals surface area contributed by atoms with E-state index in [1.807, 2.05) is 19.9 Å². The molecule has 6 nitrogen and oxygen atoms in total. The van der Waals surface area contributed by atoms with Gasteiger partial charge in [-0.15, -0.1) is 5.10 Å². The molecule has 0 aliphatic carbocycles. The Bertz CT molecular complexity index is 892. The van der Waals surface area contributed by atoms with Crippen LogP contribution in [0.15, 0.2) is 24.3 Å². The molecular formula is C14H10Cl2N4O2. The van der Waals surface area contributed by atoms with Gasteiger partial charge in [-0.2, -0.15) is 4.98 Å². The number of aryl methyl sites for hydroxylation is 2. The molecule has 22 heavy (non-hydrogen) atoms. The lowest BCUT2D eigenvalue weighted by Crippen LogP contribution is -2.11.